The Hall–Kier alpha value is -1.62. The molecule has 1 unspecified atom stereocenters. The second kappa shape index (κ2) is 4.57. The first-order valence-corrected chi connectivity index (χ1v) is 4.22. The smallest absolute Gasteiger partial charge is 0.404 e. The van der Waals surface area contributed by atoms with Crippen molar-refractivity contribution in [3.63, 3.8) is 0 Å². The van der Waals surface area contributed by atoms with Crippen molar-refractivity contribution in [2.75, 3.05) is 0 Å². The molecule has 1 rings (SSSR count). The molecule has 1 heterocycles. The zero-order valence-corrected chi connectivity index (χ0v) is 7.90. The van der Waals surface area contributed by atoms with Crippen molar-refractivity contribution in [3.8, 4) is 0 Å². The Morgan fingerprint density at radius 3 is 3.00 bits per heavy atom. The van der Waals surface area contributed by atoms with E-state index in [0.29, 0.717) is 12.3 Å². The van der Waals surface area contributed by atoms with Gasteiger partial charge in [-0.05, 0) is 13.0 Å². The number of nitrogens with zero attached hydrogens (tertiary/aromatic N) is 1. The first kappa shape index (κ1) is 10.5. The van der Waals surface area contributed by atoms with Crippen molar-refractivity contribution in [2.45, 2.75) is 19.5 Å². The van der Waals surface area contributed by atoms with E-state index in [9.17, 15) is 10.1 Å². The number of nitrogens with one attached hydrogen (secondary N) is 1. The molecule has 0 radical (unpaired) electrons. The SMILES string of the molecule is C=CC(C)NCc1ccc([N+](=O)[O-])o1. The van der Waals surface area contributed by atoms with Gasteiger partial charge in [0.1, 0.15) is 10.7 Å². The van der Waals surface area contributed by atoms with E-state index in [-0.39, 0.29) is 11.9 Å². The van der Waals surface area contributed by atoms with Gasteiger partial charge in [0.2, 0.25) is 0 Å². The van der Waals surface area contributed by atoms with Gasteiger partial charge in [-0.3, -0.25) is 10.1 Å². The van der Waals surface area contributed by atoms with Gasteiger partial charge in [0.25, 0.3) is 0 Å². The van der Waals surface area contributed by atoms with E-state index in [4.69, 9.17) is 4.42 Å². The molecule has 0 fully saturated rings. The van der Waals surface area contributed by atoms with Crippen molar-refractivity contribution >= 4 is 5.88 Å². The van der Waals surface area contributed by atoms with Crippen LogP contribution in [0.25, 0.3) is 0 Å². The molecule has 0 aromatic carbocycles. The first-order chi connectivity index (χ1) is 6.63. The molecule has 1 atom stereocenters. The number of rotatable bonds is 5. The van der Waals surface area contributed by atoms with Gasteiger partial charge in [0, 0.05) is 6.04 Å². The summed E-state index contributed by atoms with van der Waals surface area (Å²) in [4.78, 5) is 9.73. The van der Waals surface area contributed by atoms with Crippen molar-refractivity contribution in [3.05, 3.63) is 40.7 Å². The van der Waals surface area contributed by atoms with Gasteiger partial charge in [0.05, 0.1) is 12.6 Å². The van der Waals surface area contributed by atoms with Crippen LogP contribution in [0, 0.1) is 10.1 Å². The second-order valence-electron chi connectivity index (χ2n) is 2.90. The molecule has 1 N–H and O–H groups in total. The van der Waals surface area contributed by atoms with Gasteiger partial charge in [-0.15, -0.1) is 6.58 Å². The van der Waals surface area contributed by atoms with Crippen molar-refractivity contribution in [1.29, 1.82) is 0 Å². The zero-order valence-electron chi connectivity index (χ0n) is 7.90. The molecule has 1 aromatic heterocycles. The molecule has 0 aliphatic rings. The maximum Gasteiger partial charge on any atom is 0.433 e. The van der Waals surface area contributed by atoms with Gasteiger partial charge in [-0.1, -0.05) is 6.08 Å². The van der Waals surface area contributed by atoms with E-state index < -0.39 is 4.92 Å². The maximum absolute atomic E-state index is 10.3. The molecule has 0 saturated heterocycles. The Kier molecular flexibility index (Phi) is 3.41. The van der Waals surface area contributed by atoms with Crippen LogP contribution in [0.1, 0.15) is 12.7 Å². The van der Waals surface area contributed by atoms with Crippen LogP contribution in [0.15, 0.2) is 29.2 Å². The Balaban J connectivity index is 2.51. The Morgan fingerprint density at radius 1 is 1.79 bits per heavy atom. The molecule has 0 aliphatic heterocycles. The lowest BCUT2D eigenvalue weighted by Gasteiger charge is -2.05. The van der Waals surface area contributed by atoms with Crippen LogP contribution < -0.4 is 5.32 Å². The van der Waals surface area contributed by atoms with Gasteiger partial charge in [-0.25, -0.2) is 0 Å². The summed E-state index contributed by atoms with van der Waals surface area (Å²) < 4.78 is 4.94. The molecule has 0 aliphatic carbocycles. The third-order valence-corrected chi connectivity index (χ3v) is 1.78. The predicted molar refractivity (Wildman–Crippen MR) is 51.9 cm³/mol. The molecule has 5 nitrogen and oxygen atoms in total. The first-order valence-electron chi connectivity index (χ1n) is 4.22. The van der Waals surface area contributed by atoms with E-state index in [1.54, 1.807) is 12.1 Å². The summed E-state index contributed by atoms with van der Waals surface area (Å²) in [6, 6.07) is 3.08. The normalized spacial score (nSPS) is 12.4. The molecule has 76 valence electrons. The van der Waals surface area contributed by atoms with Crippen LogP contribution in [0.4, 0.5) is 5.88 Å². The minimum absolute atomic E-state index is 0.152. The lowest BCUT2D eigenvalue weighted by atomic mass is 10.3. The van der Waals surface area contributed by atoms with Crippen LogP contribution in [-0.2, 0) is 6.54 Å². The average Bonchev–Trinajstić information content (AvgIpc) is 2.62. The van der Waals surface area contributed by atoms with Crippen LogP contribution in [0.5, 0.6) is 0 Å². The lowest BCUT2D eigenvalue weighted by molar-refractivity contribution is -0.402. The third-order valence-electron chi connectivity index (χ3n) is 1.78. The molecule has 5 heteroatoms. The molecule has 0 spiro atoms. The van der Waals surface area contributed by atoms with Crippen LogP contribution in [0.3, 0.4) is 0 Å². The van der Waals surface area contributed by atoms with Crippen molar-refractivity contribution in [2.24, 2.45) is 0 Å². The minimum Gasteiger partial charge on any atom is -0.404 e. The molecule has 1 aromatic rings. The van der Waals surface area contributed by atoms with Gasteiger partial charge < -0.3 is 9.73 Å². The minimum atomic E-state index is -0.555. The Labute approximate surface area is 81.6 Å². The summed E-state index contributed by atoms with van der Waals surface area (Å²) >= 11 is 0. The summed E-state index contributed by atoms with van der Waals surface area (Å²) in [5.74, 6) is 0.318. The number of nitro groups is 1. The van der Waals surface area contributed by atoms with E-state index in [1.165, 1.54) is 6.07 Å². The van der Waals surface area contributed by atoms with Crippen LogP contribution in [-0.4, -0.2) is 11.0 Å². The largest absolute Gasteiger partial charge is 0.433 e. The molecule has 0 amide bonds. The van der Waals surface area contributed by atoms with E-state index in [2.05, 4.69) is 11.9 Å². The van der Waals surface area contributed by atoms with E-state index in [1.807, 2.05) is 6.92 Å². The fraction of sp³-hybridized carbons (Fsp3) is 0.333. The van der Waals surface area contributed by atoms with E-state index >= 15 is 0 Å². The zero-order chi connectivity index (χ0) is 10.6. The molecule has 0 saturated carbocycles. The summed E-state index contributed by atoms with van der Waals surface area (Å²) in [5, 5.41) is 13.4. The highest BCUT2D eigenvalue weighted by molar-refractivity contribution is 5.17. The Morgan fingerprint density at radius 2 is 2.50 bits per heavy atom. The Bertz CT molecular complexity index is 333. The molecular formula is C9H12N2O3. The number of furan rings is 1. The summed E-state index contributed by atoms with van der Waals surface area (Å²) in [6.07, 6.45) is 1.75. The van der Waals surface area contributed by atoms with Crippen molar-refractivity contribution < 1.29 is 9.34 Å². The topological polar surface area (TPSA) is 68.3 Å². The van der Waals surface area contributed by atoms with E-state index in [0.717, 1.165) is 0 Å². The summed E-state index contributed by atoms with van der Waals surface area (Å²) in [6.45, 7) is 6.00. The monoisotopic (exact) mass is 196 g/mol. The maximum atomic E-state index is 10.3. The quantitative estimate of drug-likeness (QED) is 0.443. The van der Waals surface area contributed by atoms with Crippen LogP contribution in [0.2, 0.25) is 0 Å². The molecular weight excluding hydrogens is 184 g/mol. The predicted octanol–water partition coefficient (Wildman–Crippen LogP) is 1.85. The highest BCUT2D eigenvalue weighted by Gasteiger charge is 2.11. The summed E-state index contributed by atoms with van der Waals surface area (Å²) in [5.41, 5.74) is 0. The second-order valence-corrected chi connectivity index (χ2v) is 2.90. The summed E-state index contributed by atoms with van der Waals surface area (Å²) in [7, 11) is 0. The fourth-order valence-corrected chi connectivity index (χ4v) is 0.905. The highest BCUT2D eigenvalue weighted by Crippen LogP contribution is 2.15. The van der Waals surface area contributed by atoms with Gasteiger partial charge in [0.15, 0.2) is 0 Å². The number of hydrogen-bond donors (Lipinski definition) is 1. The fourth-order valence-electron chi connectivity index (χ4n) is 0.905. The molecule has 14 heavy (non-hydrogen) atoms. The van der Waals surface area contributed by atoms with Crippen LogP contribution >= 0.6 is 0 Å². The highest BCUT2D eigenvalue weighted by atomic mass is 16.6. The lowest BCUT2D eigenvalue weighted by Crippen LogP contribution is -2.22. The number of hydrogen-bond acceptors (Lipinski definition) is 4. The average molecular weight is 196 g/mol. The van der Waals surface area contributed by atoms with Crippen molar-refractivity contribution in [1.82, 2.24) is 5.32 Å². The standard InChI is InChI=1S/C9H12N2O3/c1-3-7(2)10-6-8-4-5-9(14-8)11(12)13/h3-5,7,10H,1,6H2,2H3. The third kappa shape index (κ3) is 2.70. The van der Waals surface area contributed by atoms with Gasteiger partial charge >= 0.3 is 5.88 Å². The van der Waals surface area contributed by atoms with Gasteiger partial charge in [-0.2, -0.15) is 0 Å². The molecule has 0 bridgehead atoms.